The van der Waals surface area contributed by atoms with Gasteiger partial charge in [0.2, 0.25) is 11.6 Å². The van der Waals surface area contributed by atoms with Crippen LogP contribution in [0.1, 0.15) is 89.6 Å². The third kappa shape index (κ3) is 9.94. The molecule has 3 aliphatic rings. The number of aryl methyl sites for hydroxylation is 1. The number of nitrogens with zero attached hydrogens (tertiary/aromatic N) is 7. The number of likely N-dealkylation sites (tertiary alicyclic amines) is 1. The number of esters is 1. The minimum Gasteiger partial charge on any atom is -0.462 e. The lowest BCUT2D eigenvalue weighted by Gasteiger charge is -2.41. The molecule has 4 aromatic rings. The molecule has 65 heavy (non-hydrogen) atoms. The van der Waals surface area contributed by atoms with Crippen molar-refractivity contribution in [2.24, 2.45) is 11.3 Å². The van der Waals surface area contributed by atoms with Crippen LogP contribution in [0.15, 0.2) is 41.9 Å². The largest absolute Gasteiger partial charge is 0.462 e. The van der Waals surface area contributed by atoms with E-state index in [4.69, 9.17) is 19.4 Å². The number of pyridine rings is 1. The van der Waals surface area contributed by atoms with Gasteiger partial charge in [-0.15, -0.1) is 11.3 Å². The van der Waals surface area contributed by atoms with E-state index in [2.05, 4.69) is 51.4 Å². The molecule has 7 rings (SSSR count). The van der Waals surface area contributed by atoms with E-state index in [0.717, 1.165) is 57.5 Å². The molecule has 6 bridgehead atoms. The van der Waals surface area contributed by atoms with Crippen LogP contribution in [0.2, 0.25) is 0 Å². The maximum Gasteiger partial charge on any atom is 0.355 e. The number of urea groups is 1. The van der Waals surface area contributed by atoms with Gasteiger partial charge < -0.3 is 39.2 Å². The van der Waals surface area contributed by atoms with Crippen molar-refractivity contribution in [1.82, 2.24) is 45.0 Å². The molecular weight excluding hydrogens is 847 g/mol. The predicted molar refractivity (Wildman–Crippen MR) is 251 cm³/mol. The van der Waals surface area contributed by atoms with Gasteiger partial charge in [-0.05, 0) is 89.4 Å². The highest BCUT2D eigenvalue weighted by Gasteiger charge is 2.46. The zero-order chi connectivity index (χ0) is 47.0. The summed E-state index contributed by atoms with van der Waals surface area (Å²) in [5, 5.41) is 19.6. The number of rotatable bonds is 9. The number of hydrazine groups is 1. The Morgan fingerprint density at radius 3 is 2.60 bits per heavy atom. The summed E-state index contributed by atoms with van der Waals surface area (Å²) in [6, 6.07) is 8.21. The molecular formula is C48H67N9O7S. The van der Waals surface area contributed by atoms with E-state index in [-0.39, 0.29) is 50.1 Å². The summed E-state index contributed by atoms with van der Waals surface area (Å²) in [5.41, 5.74) is 6.40. The molecule has 5 atom stereocenters. The minimum absolute atomic E-state index is 0.00873. The maximum absolute atomic E-state index is 14.7. The number of fused-ring (bicyclic) bond motifs is 6. The van der Waals surface area contributed by atoms with E-state index in [1.165, 1.54) is 21.2 Å². The van der Waals surface area contributed by atoms with Crippen molar-refractivity contribution >= 4 is 46.1 Å². The summed E-state index contributed by atoms with van der Waals surface area (Å²) in [5.74, 6) is -2.24. The average Bonchev–Trinajstić information content (AvgIpc) is 3.88. The highest BCUT2D eigenvalue weighted by atomic mass is 32.1. The number of hydrogen-bond acceptors (Lipinski definition) is 12. The number of thiazole rings is 1. The zero-order valence-electron chi connectivity index (χ0n) is 39.6. The van der Waals surface area contributed by atoms with Crippen molar-refractivity contribution < 1.29 is 33.8 Å². The number of nitrogens with one attached hydrogen (secondary N) is 2. The smallest absolute Gasteiger partial charge is 0.355 e. The number of carbonyl (C=O) groups excluding carboxylic acids is 4. The standard InChI is InChI=1S/C48H67N9O7S/c1-11-56-38-18-17-31-23-34(38)35(42(56)33-16-12-20-49-40(33)30(4)63-10)25-47(5,6)28-64-45(60)48(62)19-14-22-57(52-48)44(59)36(24-39-50-37(31)27-65-39)51-43(58)41(29(2)3)54(9)46(61)55-21-13-15-32(26-55)53(7)8/h12,16-18,20,23,27,29-30,32,36,41,52,62H,11,13-15,19,21-22,24-26,28H2,1-10H3,(H,51,58)/t30-,32+,36-,41-,48-/m0/s1. The molecule has 0 aliphatic carbocycles. The lowest BCUT2D eigenvalue weighted by Crippen LogP contribution is -2.67. The molecule has 16 nitrogen and oxygen atoms in total. The first-order valence-electron chi connectivity index (χ1n) is 22.9. The van der Waals surface area contributed by atoms with Gasteiger partial charge in [-0.2, -0.15) is 5.43 Å². The molecule has 0 radical (unpaired) electrons. The second-order valence-corrected chi connectivity index (χ2v) is 20.2. The Hall–Kier alpha value is -4.94. The minimum atomic E-state index is -2.20. The fourth-order valence-corrected chi connectivity index (χ4v) is 10.5. The van der Waals surface area contributed by atoms with Crippen LogP contribution in [0.3, 0.4) is 0 Å². The summed E-state index contributed by atoms with van der Waals surface area (Å²) >= 11 is 1.38. The molecule has 3 aromatic heterocycles. The fourth-order valence-electron chi connectivity index (χ4n) is 9.68. The fraction of sp³-hybridized carbons (Fsp3) is 0.583. The first kappa shape index (κ1) is 48.0. The van der Waals surface area contributed by atoms with Gasteiger partial charge in [0.25, 0.3) is 5.91 Å². The van der Waals surface area contributed by atoms with E-state index in [1.807, 2.05) is 60.2 Å². The number of carbonyl (C=O) groups is 4. The number of methoxy groups -OCH3 is 1. The van der Waals surface area contributed by atoms with Gasteiger partial charge in [-0.1, -0.05) is 33.8 Å². The Morgan fingerprint density at radius 2 is 1.89 bits per heavy atom. The van der Waals surface area contributed by atoms with Crippen LogP contribution in [0.4, 0.5) is 4.79 Å². The molecule has 4 amide bonds. The molecule has 2 saturated heterocycles. The van der Waals surface area contributed by atoms with Crippen LogP contribution in [0, 0.1) is 11.3 Å². The molecule has 0 unspecified atom stereocenters. The van der Waals surface area contributed by atoms with Crippen molar-refractivity contribution in [3.63, 3.8) is 0 Å². The van der Waals surface area contributed by atoms with Crippen molar-refractivity contribution in [3.05, 3.63) is 58.2 Å². The molecule has 0 spiro atoms. The summed E-state index contributed by atoms with van der Waals surface area (Å²) in [7, 11) is 7.32. The summed E-state index contributed by atoms with van der Waals surface area (Å²) < 4.78 is 14.1. The summed E-state index contributed by atoms with van der Waals surface area (Å²) in [6.07, 6.45) is 4.16. The van der Waals surface area contributed by atoms with E-state index >= 15 is 0 Å². The highest BCUT2D eigenvalue weighted by molar-refractivity contribution is 7.10. The quantitative estimate of drug-likeness (QED) is 0.178. The highest BCUT2D eigenvalue weighted by Crippen LogP contribution is 2.42. The topological polar surface area (TPSA) is 175 Å². The molecule has 3 N–H and O–H groups in total. The van der Waals surface area contributed by atoms with Gasteiger partial charge >= 0.3 is 12.0 Å². The van der Waals surface area contributed by atoms with Crippen LogP contribution >= 0.6 is 11.3 Å². The predicted octanol–water partition coefficient (Wildman–Crippen LogP) is 5.62. The van der Waals surface area contributed by atoms with Crippen LogP contribution in [-0.4, -0.2) is 142 Å². The molecule has 352 valence electrons. The number of aliphatic hydroxyl groups is 1. The first-order valence-corrected chi connectivity index (χ1v) is 23.8. The Morgan fingerprint density at radius 1 is 1.12 bits per heavy atom. The van der Waals surface area contributed by atoms with Crippen LogP contribution in [0.5, 0.6) is 0 Å². The lowest BCUT2D eigenvalue weighted by atomic mass is 9.84. The molecule has 3 aliphatic heterocycles. The third-order valence-electron chi connectivity index (χ3n) is 13.3. The second-order valence-electron chi connectivity index (χ2n) is 19.3. The van der Waals surface area contributed by atoms with Gasteiger partial charge in [0.1, 0.15) is 12.1 Å². The molecule has 0 saturated carbocycles. The van der Waals surface area contributed by atoms with Crippen molar-refractivity contribution in [2.45, 2.75) is 117 Å². The Balaban J connectivity index is 1.29. The summed E-state index contributed by atoms with van der Waals surface area (Å²) in [6.45, 7) is 13.9. The number of ether oxygens (including phenoxy) is 2. The number of hydrogen-bond donors (Lipinski definition) is 3. The Bertz CT molecular complexity index is 2400. The first-order chi connectivity index (χ1) is 30.9. The van der Waals surface area contributed by atoms with E-state index in [9.17, 15) is 24.3 Å². The van der Waals surface area contributed by atoms with Gasteiger partial charge in [0.15, 0.2) is 0 Å². The van der Waals surface area contributed by atoms with Gasteiger partial charge in [0.05, 0.1) is 34.8 Å². The van der Waals surface area contributed by atoms with Gasteiger partial charge in [-0.25, -0.2) is 14.6 Å². The van der Waals surface area contributed by atoms with E-state index in [1.54, 1.807) is 25.3 Å². The number of likely N-dealkylation sites (N-methyl/N-ethyl adjacent to an activating group) is 2. The van der Waals surface area contributed by atoms with Crippen LogP contribution in [-0.2, 0) is 43.2 Å². The monoisotopic (exact) mass is 913 g/mol. The summed E-state index contributed by atoms with van der Waals surface area (Å²) in [4.78, 5) is 72.4. The second kappa shape index (κ2) is 19.5. The molecule has 17 heteroatoms. The van der Waals surface area contributed by atoms with E-state index < -0.39 is 41.0 Å². The Kier molecular flexibility index (Phi) is 14.4. The average molecular weight is 914 g/mol. The maximum atomic E-state index is 14.7. The molecule has 2 fully saturated rings. The zero-order valence-corrected chi connectivity index (χ0v) is 40.5. The number of cyclic esters (lactones) is 1. The van der Waals surface area contributed by atoms with Crippen LogP contribution < -0.4 is 10.7 Å². The van der Waals surface area contributed by atoms with Gasteiger partial charge in [-0.3, -0.25) is 19.6 Å². The number of amides is 4. The van der Waals surface area contributed by atoms with E-state index in [0.29, 0.717) is 37.5 Å². The van der Waals surface area contributed by atoms with Crippen molar-refractivity contribution in [2.75, 3.05) is 54.5 Å². The number of aromatic nitrogens is 3. The number of piperidine rings is 1. The SMILES string of the molecule is CCn1c(-c2cccnc2[C@H](C)OC)c2c3cc(ccc31)-c1csc(n1)C[C@H](NC(=O)[C@H](C(C)C)N(C)C(=O)N1CCC[C@@H](N(C)C)C1)C(=O)N1CCC[C@@](O)(N1)C(=O)OCC(C)(C)C2. The third-order valence-corrected chi connectivity index (χ3v) is 14.1. The van der Waals surface area contributed by atoms with Crippen molar-refractivity contribution in [1.29, 1.82) is 0 Å². The van der Waals surface area contributed by atoms with Crippen molar-refractivity contribution in [3.8, 4) is 22.5 Å². The normalized spacial score (nSPS) is 22.7. The molecule has 1 aromatic carbocycles. The Labute approximate surface area is 386 Å². The van der Waals surface area contributed by atoms with Crippen LogP contribution in [0.25, 0.3) is 33.4 Å². The van der Waals surface area contributed by atoms with Gasteiger partial charge in [0, 0.05) is 98.2 Å². The number of benzene rings is 1. The lowest BCUT2D eigenvalue weighted by molar-refractivity contribution is -0.189. The molecule has 6 heterocycles.